The lowest BCUT2D eigenvalue weighted by Crippen LogP contribution is -2.21. The molecular formula is C22H18F3NOS. The Morgan fingerprint density at radius 2 is 1.57 bits per heavy atom. The molecule has 0 radical (unpaired) electrons. The Bertz CT molecular complexity index is 982. The molecule has 0 bridgehead atoms. The molecule has 28 heavy (non-hydrogen) atoms. The third kappa shape index (κ3) is 4.57. The highest BCUT2D eigenvalue weighted by molar-refractivity contribution is 7.99. The first-order chi connectivity index (χ1) is 13.3. The van der Waals surface area contributed by atoms with E-state index in [2.05, 4.69) is 0 Å². The lowest BCUT2D eigenvalue weighted by atomic mass is 10.0. The number of amides is 1. The zero-order valence-electron chi connectivity index (χ0n) is 15.3. The Morgan fingerprint density at radius 3 is 2.21 bits per heavy atom. The van der Waals surface area contributed by atoms with Crippen molar-refractivity contribution in [2.45, 2.75) is 16.0 Å². The number of halogens is 3. The zero-order chi connectivity index (χ0) is 20.3. The number of carbonyl (C=O) groups is 1. The molecule has 0 saturated carbocycles. The summed E-state index contributed by atoms with van der Waals surface area (Å²) in [6.07, 6.45) is -4.35. The standard InChI is InChI=1S/C22H18F3NOS/c1-26(2)21(27)16-7-5-6-15(14-16)19-8-3-4-9-20(19)28-18-12-10-17(11-13-18)22(23,24)25/h3-14H,1-2H3. The van der Waals surface area contributed by atoms with Crippen molar-refractivity contribution in [2.24, 2.45) is 0 Å². The van der Waals surface area contributed by atoms with Crippen molar-refractivity contribution < 1.29 is 18.0 Å². The molecule has 2 nitrogen and oxygen atoms in total. The van der Waals surface area contributed by atoms with Gasteiger partial charge < -0.3 is 4.90 Å². The molecular weight excluding hydrogens is 383 g/mol. The molecule has 0 fully saturated rings. The predicted octanol–water partition coefficient (Wildman–Crippen LogP) is 6.23. The highest BCUT2D eigenvalue weighted by Gasteiger charge is 2.30. The molecule has 0 heterocycles. The molecule has 0 N–H and O–H groups in total. The Kier molecular flexibility index (Phi) is 5.79. The fourth-order valence-corrected chi connectivity index (χ4v) is 3.68. The van der Waals surface area contributed by atoms with E-state index in [0.29, 0.717) is 10.5 Å². The SMILES string of the molecule is CN(C)C(=O)c1cccc(-c2ccccc2Sc2ccc(C(F)(F)F)cc2)c1. The van der Waals surface area contributed by atoms with Gasteiger partial charge in [-0.05, 0) is 53.6 Å². The predicted molar refractivity (Wildman–Crippen MR) is 105 cm³/mol. The molecule has 0 atom stereocenters. The van der Waals surface area contributed by atoms with Gasteiger partial charge in [-0.2, -0.15) is 13.2 Å². The largest absolute Gasteiger partial charge is 0.416 e. The molecule has 0 saturated heterocycles. The van der Waals surface area contributed by atoms with Crippen molar-refractivity contribution in [1.29, 1.82) is 0 Å². The van der Waals surface area contributed by atoms with Crippen LogP contribution in [0, 0.1) is 0 Å². The van der Waals surface area contributed by atoms with E-state index in [4.69, 9.17) is 0 Å². The van der Waals surface area contributed by atoms with E-state index < -0.39 is 11.7 Å². The van der Waals surface area contributed by atoms with Crippen LogP contribution in [0.5, 0.6) is 0 Å². The first-order valence-corrected chi connectivity index (χ1v) is 9.33. The van der Waals surface area contributed by atoms with Crippen LogP contribution in [0.25, 0.3) is 11.1 Å². The minimum Gasteiger partial charge on any atom is -0.345 e. The van der Waals surface area contributed by atoms with Crippen LogP contribution in [0.3, 0.4) is 0 Å². The van der Waals surface area contributed by atoms with Gasteiger partial charge in [-0.1, -0.05) is 42.1 Å². The maximum atomic E-state index is 12.8. The molecule has 144 valence electrons. The maximum absolute atomic E-state index is 12.8. The molecule has 0 aliphatic carbocycles. The monoisotopic (exact) mass is 401 g/mol. The van der Waals surface area contributed by atoms with Gasteiger partial charge >= 0.3 is 6.18 Å². The highest BCUT2D eigenvalue weighted by Crippen LogP contribution is 2.37. The molecule has 3 aromatic rings. The van der Waals surface area contributed by atoms with Crippen LogP contribution in [-0.4, -0.2) is 24.9 Å². The van der Waals surface area contributed by atoms with Crippen LogP contribution in [0.15, 0.2) is 82.6 Å². The van der Waals surface area contributed by atoms with Gasteiger partial charge in [0, 0.05) is 29.4 Å². The quantitative estimate of drug-likeness (QED) is 0.517. The summed E-state index contributed by atoms with van der Waals surface area (Å²) in [4.78, 5) is 15.4. The first kappa shape index (κ1) is 20.0. The van der Waals surface area contributed by atoms with Crippen molar-refractivity contribution in [3.63, 3.8) is 0 Å². The summed E-state index contributed by atoms with van der Waals surface area (Å²) in [6, 6.07) is 20.1. The molecule has 0 unspecified atom stereocenters. The molecule has 6 heteroatoms. The Morgan fingerprint density at radius 1 is 0.893 bits per heavy atom. The topological polar surface area (TPSA) is 20.3 Å². The Hall–Kier alpha value is -2.73. The van der Waals surface area contributed by atoms with Gasteiger partial charge in [-0.25, -0.2) is 0 Å². The summed E-state index contributed by atoms with van der Waals surface area (Å²) in [6.45, 7) is 0. The van der Waals surface area contributed by atoms with Gasteiger partial charge in [-0.3, -0.25) is 4.79 Å². The van der Waals surface area contributed by atoms with E-state index in [1.54, 1.807) is 20.2 Å². The van der Waals surface area contributed by atoms with E-state index >= 15 is 0 Å². The summed E-state index contributed by atoms with van der Waals surface area (Å²) in [5.41, 5.74) is 1.71. The van der Waals surface area contributed by atoms with E-state index in [0.717, 1.165) is 28.2 Å². The summed E-state index contributed by atoms with van der Waals surface area (Å²) in [5, 5.41) is 0. The van der Waals surface area contributed by atoms with E-state index in [1.165, 1.54) is 28.8 Å². The van der Waals surface area contributed by atoms with Crippen molar-refractivity contribution in [1.82, 2.24) is 4.90 Å². The number of hydrogen-bond acceptors (Lipinski definition) is 2. The Balaban J connectivity index is 1.92. The van der Waals surface area contributed by atoms with E-state index in [9.17, 15) is 18.0 Å². The maximum Gasteiger partial charge on any atom is 0.416 e. The molecule has 3 aromatic carbocycles. The van der Waals surface area contributed by atoms with E-state index in [-0.39, 0.29) is 5.91 Å². The number of rotatable bonds is 4. The van der Waals surface area contributed by atoms with E-state index in [1.807, 2.05) is 42.5 Å². The fraction of sp³-hybridized carbons (Fsp3) is 0.136. The molecule has 0 spiro atoms. The number of alkyl halides is 3. The minimum absolute atomic E-state index is 0.0882. The average molecular weight is 401 g/mol. The molecule has 0 aliphatic heterocycles. The highest BCUT2D eigenvalue weighted by atomic mass is 32.2. The van der Waals surface area contributed by atoms with Crippen molar-refractivity contribution >= 4 is 17.7 Å². The summed E-state index contributed by atoms with van der Waals surface area (Å²) < 4.78 is 38.3. The summed E-state index contributed by atoms with van der Waals surface area (Å²) in [5.74, 6) is -0.0882. The van der Waals surface area contributed by atoms with Crippen LogP contribution < -0.4 is 0 Å². The first-order valence-electron chi connectivity index (χ1n) is 8.52. The van der Waals surface area contributed by atoms with Gasteiger partial charge in [0.05, 0.1) is 5.56 Å². The normalized spacial score (nSPS) is 11.3. The van der Waals surface area contributed by atoms with Crippen molar-refractivity contribution in [2.75, 3.05) is 14.1 Å². The third-order valence-electron chi connectivity index (χ3n) is 4.12. The fourth-order valence-electron chi connectivity index (χ4n) is 2.71. The zero-order valence-corrected chi connectivity index (χ0v) is 16.1. The Labute approximate surface area is 166 Å². The number of nitrogens with zero attached hydrogens (tertiary/aromatic N) is 1. The smallest absolute Gasteiger partial charge is 0.345 e. The van der Waals surface area contributed by atoms with Gasteiger partial charge in [0.15, 0.2) is 0 Å². The van der Waals surface area contributed by atoms with Crippen LogP contribution >= 0.6 is 11.8 Å². The summed E-state index contributed by atoms with van der Waals surface area (Å²) in [7, 11) is 3.40. The number of carbonyl (C=O) groups excluding carboxylic acids is 1. The molecule has 1 amide bonds. The van der Waals surface area contributed by atoms with Gasteiger partial charge in [-0.15, -0.1) is 0 Å². The second-order valence-corrected chi connectivity index (χ2v) is 7.52. The lowest BCUT2D eigenvalue weighted by molar-refractivity contribution is -0.137. The van der Waals surface area contributed by atoms with Crippen LogP contribution in [0.4, 0.5) is 13.2 Å². The minimum atomic E-state index is -4.35. The van der Waals surface area contributed by atoms with Crippen molar-refractivity contribution in [3.8, 4) is 11.1 Å². The summed E-state index contributed by atoms with van der Waals surface area (Å²) >= 11 is 1.39. The van der Waals surface area contributed by atoms with Gasteiger partial charge in [0.2, 0.25) is 0 Å². The number of hydrogen-bond donors (Lipinski definition) is 0. The van der Waals surface area contributed by atoms with Gasteiger partial charge in [0.25, 0.3) is 5.91 Å². The molecule has 0 aromatic heterocycles. The van der Waals surface area contributed by atoms with Crippen LogP contribution in [-0.2, 0) is 6.18 Å². The second kappa shape index (κ2) is 8.10. The van der Waals surface area contributed by atoms with Crippen molar-refractivity contribution in [3.05, 3.63) is 83.9 Å². The van der Waals surface area contributed by atoms with Gasteiger partial charge in [0.1, 0.15) is 0 Å². The molecule has 0 aliphatic rings. The van der Waals surface area contributed by atoms with Crippen LogP contribution in [0.1, 0.15) is 15.9 Å². The number of benzene rings is 3. The lowest BCUT2D eigenvalue weighted by Gasteiger charge is -2.13. The third-order valence-corrected chi connectivity index (χ3v) is 5.21. The van der Waals surface area contributed by atoms with Crippen LogP contribution in [0.2, 0.25) is 0 Å². The second-order valence-electron chi connectivity index (χ2n) is 6.40. The average Bonchev–Trinajstić information content (AvgIpc) is 2.67. The molecule has 3 rings (SSSR count).